The first-order chi connectivity index (χ1) is 8.97. The van der Waals surface area contributed by atoms with Gasteiger partial charge in [0.25, 0.3) is 5.91 Å². The van der Waals surface area contributed by atoms with Gasteiger partial charge in [-0.15, -0.1) is 0 Å². The molecule has 0 unspecified atom stereocenters. The summed E-state index contributed by atoms with van der Waals surface area (Å²) in [5.41, 5.74) is -0.216. The molecule has 100 valence electrons. The third-order valence-electron chi connectivity index (χ3n) is 2.51. The van der Waals surface area contributed by atoms with Crippen molar-refractivity contribution in [2.75, 3.05) is 5.32 Å². The van der Waals surface area contributed by atoms with E-state index in [0.29, 0.717) is 5.76 Å². The van der Waals surface area contributed by atoms with Crippen molar-refractivity contribution < 1.29 is 18.1 Å². The van der Waals surface area contributed by atoms with Crippen LogP contribution in [0.4, 0.5) is 14.5 Å². The Hall–Kier alpha value is -2.24. The predicted molar refractivity (Wildman–Crippen MR) is 64.9 cm³/mol. The summed E-state index contributed by atoms with van der Waals surface area (Å²) in [6.07, 6.45) is 0. The summed E-state index contributed by atoms with van der Waals surface area (Å²) in [6, 6.07) is 4.28. The lowest BCUT2D eigenvalue weighted by atomic mass is 10.1. The molecule has 0 saturated carbocycles. The Labute approximate surface area is 108 Å². The molecule has 1 N–H and O–H groups in total. The molecule has 2 rings (SSSR count). The van der Waals surface area contributed by atoms with E-state index in [1.807, 2.05) is 13.8 Å². The maximum Gasteiger partial charge on any atom is 0.277 e. The number of aromatic nitrogens is 1. The standard InChI is InChI=1S/C13H12F2N2O2/c1-7(2)12-6-11(17-19-12)13(18)16-10-5-8(14)3-4-9(10)15/h3-7H,1-2H3,(H,16,18). The van der Waals surface area contributed by atoms with Gasteiger partial charge in [-0.1, -0.05) is 19.0 Å². The Morgan fingerprint density at radius 1 is 1.32 bits per heavy atom. The van der Waals surface area contributed by atoms with Gasteiger partial charge in [0.05, 0.1) is 5.69 Å². The molecule has 0 aliphatic rings. The van der Waals surface area contributed by atoms with Crippen LogP contribution in [0.5, 0.6) is 0 Å². The smallest absolute Gasteiger partial charge is 0.277 e. The van der Waals surface area contributed by atoms with Crippen molar-refractivity contribution in [3.63, 3.8) is 0 Å². The molecule has 0 bridgehead atoms. The number of carbonyl (C=O) groups is 1. The quantitative estimate of drug-likeness (QED) is 0.927. The van der Waals surface area contributed by atoms with Crippen molar-refractivity contribution in [3.05, 3.63) is 47.4 Å². The molecule has 1 aromatic carbocycles. The van der Waals surface area contributed by atoms with Crippen molar-refractivity contribution in [2.24, 2.45) is 0 Å². The van der Waals surface area contributed by atoms with E-state index in [2.05, 4.69) is 10.5 Å². The zero-order valence-corrected chi connectivity index (χ0v) is 10.4. The summed E-state index contributed by atoms with van der Waals surface area (Å²) in [5.74, 6) is -1.38. The zero-order chi connectivity index (χ0) is 14.0. The predicted octanol–water partition coefficient (Wildman–Crippen LogP) is 3.33. The van der Waals surface area contributed by atoms with Crippen LogP contribution in [-0.2, 0) is 0 Å². The lowest BCUT2D eigenvalue weighted by molar-refractivity contribution is 0.101. The Morgan fingerprint density at radius 3 is 2.68 bits per heavy atom. The number of nitrogens with one attached hydrogen (secondary N) is 1. The highest BCUT2D eigenvalue weighted by Gasteiger charge is 2.16. The minimum Gasteiger partial charge on any atom is -0.360 e. The van der Waals surface area contributed by atoms with Gasteiger partial charge in [-0.05, 0) is 12.1 Å². The van der Waals surface area contributed by atoms with E-state index in [9.17, 15) is 13.6 Å². The molecule has 6 heteroatoms. The van der Waals surface area contributed by atoms with Gasteiger partial charge >= 0.3 is 0 Å². The van der Waals surface area contributed by atoms with Crippen LogP contribution < -0.4 is 5.32 Å². The van der Waals surface area contributed by atoms with Crippen LogP contribution in [0.1, 0.15) is 36.0 Å². The minimum atomic E-state index is -0.720. The van der Waals surface area contributed by atoms with E-state index in [-0.39, 0.29) is 17.3 Å². The Kier molecular flexibility index (Phi) is 3.59. The minimum absolute atomic E-state index is 0.0207. The molecule has 4 nitrogen and oxygen atoms in total. The van der Waals surface area contributed by atoms with Crippen molar-refractivity contribution in [3.8, 4) is 0 Å². The summed E-state index contributed by atoms with van der Waals surface area (Å²) in [6.45, 7) is 3.77. The lowest BCUT2D eigenvalue weighted by Gasteiger charge is -2.03. The molecule has 0 atom stereocenters. The fraction of sp³-hybridized carbons (Fsp3) is 0.231. The van der Waals surface area contributed by atoms with Gasteiger partial charge in [0.1, 0.15) is 17.4 Å². The summed E-state index contributed by atoms with van der Waals surface area (Å²) in [4.78, 5) is 11.8. The highest BCUT2D eigenvalue weighted by atomic mass is 19.1. The monoisotopic (exact) mass is 266 g/mol. The van der Waals surface area contributed by atoms with Gasteiger partial charge in [-0.2, -0.15) is 0 Å². The van der Waals surface area contributed by atoms with Crippen LogP contribution in [0.2, 0.25) is 0 Å². The van der Waals surface area contributed by atoms with Crippen LogP contribution in [0.15, 0.2) is 28.8 Å². The van der Waals surface area contributed by atoms with Crippen LogP contribution in [0.25, 0.3) is 0 Å². The largest absolute Gasteiger partial charge is 0.360 e. The van der Waals surface area contributed by atoms with E-state index in [4.69, 9.17) is 4.52 Å². The molecule has 0 spiro atoms. The average Bonchev–Trinajstić information content (AvgIpc) is 2.83. The summed E-state index contributed by atoms with van der Waals surface area (Å²) in [5, 5.41) is 5.83. The molecule has 0 aliphatic carbocycles. The van der Waals surface area contributed by atoms with Gasteiger partial charge in [0.2, 0.25) is 0 Å². The first-order valence-corrected chi connectivity index (χ1v) is 5.70. The number of carbonyl (C=O) groups excluding carboxylic acids is 1. The van der Waals surface area contributed by atoms with Crippen LogP contribution >= 0.6 is 0 Å². The fourth-order valence-electron chi connectivity index (χ4n) is 1.45. The Morgan fingerprint density at radius 2 is 2.05 bits per heavy atom. The second kappa shape index (κ2) is 5.17. The van der Waals surface area contributed by atoms with Crippen molar-refractivity contribution in [1.82, 2.24) is 5.16 Å². The topological polar surface area (TPSA) is 55.1 Å². The first-order valence-electron chi connectivity index (χ1n) is 5.70. The average molecular weight is 266 g/mol. The second-order valence-corrected chi connectivity index (χ2v) is 4.35. The van der Waals surface area contributed by atoms with Crippen LogP contribution in [0, 0.1) is 11.6 Å². The molecule has 0 aliphatic heterocycles. The highest BCUT2D eigenvalue weighted by Crippen LogP contribution is 2.18. The van der Waals surface area contributed by atoms with E-state index in [1.54, 1.807) is 0 Å². The molecular weight excluding hydrogens is 254 g/mol. The highest BCUT2D eigenvalue weighted by molar-refractivity contribution is 6.02. The van der Waals surface area contributed by atoms with Gasteiger partial charge in [0, 0.05) is 18.1 Å². The van der Waals surface area contributed by atoms with Gasteiger partial charge < -0.3 is 9.84 Å². The van der Waals surface area contributed by atoms with Gasteiger partial charge in [0.15, 0.2) is 5.69 Å². The summed E-state index contributed by atoms with van der Waals surface area (Å²) < 4.78 is 31.3. The molecular formula is C13H12F2N2O2. The molecule has 1 amide bonds. The molecule has 1 heterocycles. The van der Waals surface area contributed by atoms with E-state index < -0.39 is 17.5 Å². The SMILES string of the molecule is CC(C)c1cc(C(=O)Nc2cc(F)ccc2F)no1. The second-order valence-electron chi connectivity index (χ2n) is 4.35. The maximum atomic E-state index is 13.4. The van der Waals surface area contributed by atoms with Crippen LogP contribution in [0.3, 0.4) is 0 Å². The molecule has 0 saturated heterocycles. The first kappa shape index (κ1) is 13.2. The number of benzene rings is 1. The number of hydrogen-bond donors (Lipinski definition) is 1. The molecule has 0 fully saturated rings. The van der Waals surface area contributed by atoms with Crippen molar-refractivity contribution in [1.29, 1.82) is 0 Å². The number of hydrogen-bond acceptors (Lipinski definition) is 3. The summed E-state index contributed by atoms with van der Waals surface area (Å²) >= 11 is 0. The molecule has 1 aromatic heterocycles. The third-order valence-corrected chi connectivity index (χ3v) is 2.51. The van der Waals surface area contributed by atoms with Crippen molar-refractivity contribution in [2.45, 2.75) is 19.8 Å². The number of rotatable bonds is 3. The number of amides is 1. The maximum absolute atomic E-state index is 13.4. The normalized spacial score (nSPS) is 10.8. The van der Waals surface area contributed by atoms with Crippen molar-refractivity contribution >= 4 is 11.6 Å². The zero-order valence-electron chi connectivity index (χ0n) is 10.4. The third kappa shape index (κ3) is 2.96. The van der Waals surface area contributed by atoms with Crippen LogP contribution in [-0.4, -0.2) is 11.1 Å². The lowest BCUT2D eigenvalue weighted by Crippen LogP contribution is -2.13. The number of nitrogens with zero attached hydrogens (tertiary/aromatic N) is 1. The molecule has 0 radical (unpaired) electrons. The number of anilines is 1. The van der Waals surface area contributed by atoms with E-state index >= 15 is 0 Å². The Balaban J connectivity index is 2.18. The van der Waals surface area contributed by atoms with Gasteiger partial charge in [-0.25, -0.2) is 8.78 Å². The fourth-order valence-corrected chi connectivity index (χ4v) is 1.45. The molecule has 2 aromatic rings. The van der Waals surface area contributed by atoms with E-state index in [0.717, 1.165) is 18.2 Å². The summed E-state index contributed by atoms with van der Waals surface area (Å²) in [7, 11) is 0. The number of halogens is 2. The van der Waals surface area contributed by atoms with E-state index in [1.165, 1.54) is 6.07 Å². The molecule has 19 heavy (non-hydrogen) atoms. The Bertz CT molecular complexity index is 608. The van der Waals surface area contributed by atoms with Gasteiger partial charge in [-0.3, -0.25) is 4.79 Å².